The molecule has 1 aromatic carbocycles. The molecule has 5 nitrogen and oxygen atoms in total. The largest absolute Gasteiger partial charge is 0.493 e. The number of amides is 2. The van der Waals surface area contributed by atoms with Crippen LogP contribution in [0.15, 0.2) is 42.6 Å². The second kappa shape index (κ2) is 6.64. The monoisotopic (exact) mass is 315 g/mol. The first kappa shape index (κ1) is 15.3. The van der Waals surface area contributed by atoms with Gasteiger partial charge in [-0.15, -0.1) is 0 Å². The lowest BCUT2D eigenvalue weighted by Crippen LogP contribution is -2.33. The molecule has 1 aromatic heterocycles. The number of aromatic nitrogens is 1. The van der Waals surface area contributed by atoms with Crippen molar-refractivity contribution in [3.63, 3.8) is 0 Å². The number of nitrogens with zero attached hydrogens (tertiary/aromatic N) is 2. The van der Waals surface area contributed by atoms with Crippen LogP contribution in [0.2, 0.25) is 0 Å². The van der Waals surface area contributed by atoms with Gasteiger partial charge in [0.2, 0.25) is 0 Å². The van der Waals surface area contributed by atoms with Gasteiger partial charge in [-0.1, -0.05) is 12.1 Å². The summed E-state index contributed by atoms with van der Waals surface area (Å²) >= 11 is 0. The maximum Gasteiger partial charge on any atom is 0.323 e. The average molecular weight is 315 g/mol. The standard InChI is InChI=1S/C17H18FN3O2/c1-23-15-3-2-9-19-16(15)20-17(22)21-10-8-13(11-21)12-4-6-14(18)7-5-12/h2-7,9,13H,8,10-11H2,1H3,(H,19,20,22). The van der Waals surface area contributed by atoms with E-state index in [1.165, 1.54) is 19.2 Å². The second-order valence-electron chi connectivity index (χ2n) is 5.47. The predicted octanol–water partition coefficient (Wildman–Crippen LogP) is 3.25. The number of hydrogen-bond donors (Lipinski definition) is 1. The van der Waals surface area contributed by atoms with Crippen molar-refractivity contribution in [2.75, 3.05) is 25.5 Å². The fourth-order valence-electron chi connectivity index (χ4n) is 2.78. The maximum atomic E-state index is 13.0. The summed E-state index contributed by atoms with van der Waals surface area (Å²) in [6, 6.07) is 9.76. The van der Waals surface area contributed by atoms with E-state index in [4.69, 9.17) is 4.74 Å². The number of urea groups is 1. The number of hydrogen-bond acceptors (Lipinski definition) is 3. The van der Waals surface area contributed by atoms with Crippen molar-refractivity contribution >= 4 is 11.8 Å². The lowest BCUT2D eigenvalue weighted by Gasteiger charge is -2.18. The number of anilines is 1. The molecule has 1 saturated heterocycles. The van der Waals surface area contributed by atoms with Gasteiger partial charge in [-0.3, -0.25) is 5.32 Å². The Balaban J connectivity index is 1.64. The normalized spacial score (nSPS) is 17.1. The Hall–Kier alpha value is -2.63. The molecule has 0 saturated carbocycles. The lowest BCUT2D eigenvalue weighted by molar-refractivity contribution is 0.221. The Labute approximate surface area is 134 Å². The van der Waals surface area contributed by atoms with Crippen LogP contribution in [-0.2, 0) is 0 Å². The Morgan fingerprint density at radius 3 is 2.87 bits per heavy atom. The van der Waals surface area contributed by atoms with Crippen LogP contribution in [0, 0.1) is 5.82 Å². The van der Waals surface area contributed by atoms with Gasteiger partial charge in [0.05, 0.1) is 7.11 Å². The number of likely N-dealkylation sites (tertiary alicyclic amines) is 1. The van der Waals surface area contributed by atoms with Crippen molar-refractivity contribution in [1.29, 1.82) is 0 Å². The molecular formula is C17H18FN3O2. The summed E-state index contributed by atoms with van der Waals surface area (Å²) < 4.78 is 18.2. The van der Waals surface area contributed by atoms with E-state index in [-0.39, 0.29) is 17.8 Å². The van der Waals surface area contributed by atoms with Gasteiger partial charge in [-0.05, 0) is 36.2 Å². The first-order chi connectivity index (χ1) is 11.2. The third-order valence-electron chi connectivity index (χ3n) is 4.03. The molecule has 3 rings (SSSR count). The van der Waals surface area contributed by atoms with Crippen molar-refractivity contribution < 1.29 is 13.9 Å². The van der Waals surface area contributed by atoms with E-state index >= 15 is 0 Å². The highest BCUT2D eigenvalue weighted by Gasteiger charge is 2.27. The molecule has 0 aliphatic carbocycles. The predicted molar refractivity (Wildman–Crippen MR) is 85.1 cm³/mol. The number of carbonyl (C=O) groups is 1. The van der Waals surface area contributed by atoms with Crippen LogP contribution in [0.1, 0.15) is 17.9 Å². The van der Waals surface area contributed by atoms with Gasteiger partial charge in [-0.25, -0.2) is 14.2 Å². The highest BCUT2D eigenvalue weighted by atomic mass is 19.1. The second-order valence-corrected chi connectivity index (χ2v) is 5.47. The van der Waals surface area contributed by atoms with Crippen LogP contribution >= 0.6 is 0 Å². The third-order valence-corrected chi connectivity index (χ3v) is 4.03. The minimum Gasteiger partial charge on any atom is -0.493 e. The first-order valence-electron chi connectivity index (χ1n) is 7.48. The molecule has 1 aliphatic heterocycles. The van der Waals surface area contributed by atoms with Crippen LogP contribution in [0.25, 0.3) is 0 Å². The first-order valence-corrected chi connectivity index (χ1v) is 7.48. The van der Waals surface area contributed by atoms with Gasteiger partial charge < -0.3 is 9.64 Å². The molecule has 0 radical (unpaired) electrons. The number of nitrogens with one attached hydrogen (secondary N) is 1. The zero-order valence-electron chi connectivity index (χ0n) is 12.8. The zero-order chi connectivity index (χ0) is 16.2. The Kier molecular flexibility index (Phi) is 4.41. The molecule has 1 N–H and O–H groups in total. The highest BCUT2D eigenvalue weighted by Crippen LogP contribution is 2.28. The van der Waals surface area contributed by atoms with Crippen molar-refractivity contribution in [2.24, 2.45) is 0 Å². The SMILES string of the molecule is COc1cccnc1NC(=O)N1CCC(c2ccc(F)cc2)C1. The molecular weight excluding hydrogens is 297 g/mol. The van der Waals surface area contributed by atoms with Gasteiger partial charge in [0, 0.05) is 25.2 Å². The topological polar surface area (TPSA) is 54.5 Å². The van der Waals surface area contributed by atoms with Crippen molar-refractivity contribution in [3.8, 4) is 5.75 Å². The highest BCUT2D eigenvalue weighted by molar-refractivity contribution is 5.90. The quantitative estimate of drug-likeness (QED) is 0.946. The molecule has 2 heterocycles. The number of halogens is 1. The van der Waals surface area contributed by atoms with Crippen LogP contribution in [0.3, 0.4) is 0 Å². The van der Waals surface area contributed by atoms with Crippen LogP contribution in [0.5, 0.6) is 5.75 Å². The molecule has 2 amide bonds. The fraction of sp³-hybridized carbons (Fsp3) is 0.294. The minimum absolute atomic E-state index is 0.202. The average Bonchev–Trinajstić information content (AvgIpc) is 3.06. The van der Waals surface area contributed by atoms with Crippen LogP contribution in [0.4, 0.5) is 15.0 Å². The van der Waals surface area contributed by atoms with E-state index in [9.17, 15) is 9.18 Å². The summed E-state index contributed by atoms with van der Waals surface area (Å²) in [7, 11) is 1.53. The number of benzene rings is 1. The summed E-state index contributed by atoms with van der Waals surface area (Å²) in [6.07, 6.45) is 2.46. The zero-order valence-corrected chi connectivity index (χ0v) is 12.8. The van der Waals surface area contributed by atoms with Gasteiger partial charge in [0.25, 0.3) is 0 Å². The van der Waals surface area contributed by atoms with Crippen molar-refractivity contribution in [1.82, 2.24) is 9.88 Å². The smallest absolute Gasteiger partial charge is 0.323 e. The van der Waals surface area contributed by atoms with Gasteiger partial charge in [0.1, 0.15) is 5.82 Å². The Morgan fingerprint density at radius 1 is 1.35 bits per heavy atom. The van der Waals surface area contributed by atoms with Crippen LogP contribution in [-0.4, -0.2) is 36.1 Å². The molecule has 120 valence electrons. The molecule has 2 aromatic rings. The Bertz CT molecular complexity index is 690. The number of ether oxygens (including phenoxy) is 1. The van der Waals surface area contributed by atoms with Crippen molar-refractivity contribution in [3.05, 3.63) is 54.0 Å². The van der Waals surface area contributed by atoms with E-state index in [0.29, 0.717) is 24.7 Å². The van der Waals surface area contributed by atoms with Gasteiger partial charge in [0.15, 0.2) is 11.6 Å². The Morgan fingerprint density at radius 2 is 2.13 bits per heavy atom. The van der Waals surface area contributed by atoms with E-state index in [1.54, 1.807) is 35.4 Å². The fourth-order valence-corrected chi connectivity index (χ4v) is 2.78. The minimum atomic E-state index is -0.247. The molecule has 1 unspecified atom stereocenters. The van der Waals surface area contributed by atoms with E-state index in [0.717, 1.165) is 12.0 Å². The summed E-state index contributed by atoms with van der Waals surface area (Å²) in [5.74, 6) is 0.913. The maximum absolute atomic E-state index is 13.0. The summed E-state index contributed by atoms with van der Waals surface area (Å²) in [5.41, 5.74) is 1.05. The van der Waals surface area contributed by atoms with Crippen molar-refractivity contribution in [2.45, 2.75) is 12.3 Å². The molecule has 1 fully saturated rings. The lowest BCUT2D eigenvalue weighted by atomic mass is 9.99. The number of pyridine rings is 1. The molecule has 23 heavy (non-hydrogen) atoms. The molecule has 0 spiro atoms. The number of methoxy groups -OCH3 is 1. The molecule has 6 heteroatoms. The summed E-state index contributed by atoms with van der Waals surface area (Å²) in [4.78, 5) is 18.2. The molecule has 0 bridgehead atoms. The molecule has 1 aliphatic rings. The number of rotatable bonds is 3. The summed E-state index contributed by atoms with van der Waals surface area (Å²) in [5, 5.41) is 2.78. The summed E-state index contributed by atoms with van der Waals surface area (Å²) in [6.45, 7) is 1.26. The van der Waals surface area contributed by atoms with E-state index in [1.807, 2.05) is 0 Å². The van der Waals surface area contributed by atoms with Gasteiger partial charge in [-0.2, -0.15) is 0 Å². The molecule has 1 atom stereocenters. The number of carbonyl (C=O) groups excluding carboxylic acids is 1. The van der Waals surface area contributed by atoms with Gasteiger partial charge >= 0.3 is 6.03 Å². The third kappa shape index (κ3) is 3.41. The van der Waals surface area contributed by atoms with Crippen LogP contribution < -0.4 is 10.1 Å². The van der Waals surface area contributed by atoms with E-state index < -0.39 is 0 Å². The van der Waals surface area contributed by atoms with E-state index in [2.05, 4.69) is 10.3 Å².